The summed E-state index contributed by atoms with van der Waals surface area (Å²) in [6, 6.07) is 11.3. The van der Waals surface area contributed by atoms with Crippen LogP contribution in [-0.2, 0) is 6.42 Å². The number of benzene rings is 2. The van der Waals surface area contributed by atoms with Crippen LogP contribution in [0.5, 0.6) is 0 Å². The first-order valence-electron chi connectivity index (χ1n) is 6.69. The lowest BCUT2D eigenvalue weighted by Gasteiger charge is -2.15. The first kappa shape index (κ1) is 14.2. The van der Waals surface area contributed by atoms with Gasteiger partial charge in [-0.2, -0.15) is 0 Å². The minimum atomic E-state index is -0.194. The van der Waals surface area contributed by atoms with E-state index in [9.17, 15) is 4.79 Å². The summed E-state index contributed by atoms with van der Waals surface area (Å²) < 4.78 is 0. The fourth-order valence-electron chi connectivity index (χ4n) is 2.66. The quantitative estimate of drug-likeness (QED) is 0.822. The molecule has 21 heavy (non-hydrogen) atoms. The first-order chi connectivity index (χ1) is 10.1. The maximum atomic E-state index is 12.4. The molecule has 0 spiro atoms. The summed E-state index contributed by atoms with van der Waals surface area (Å²) >= 11 is 11.9. The molecule has 3 nitrogen and oxygen atoms in total. The maximum Gasteiger partial charge on any atom is 0.251 e. The molecule has 0 saturated carbocycles. The summed E-state index contributed by atoms with van der Waals surface area (Å²) in [4.78, 5) is 12.4. The highest BCUT2D eigenvalue weighted by Gasteiger charge is 2.24. The normalized spacial score (nSPS) is 16.6. The predicted molar refractivity (Wildman–Crippen MR) is 85.8 cm³/mol. The molecule has 0 aliphatic heterocycles. The standard InChI is InChI=1S/C16H14Cl2N2O/c17-12-7-10(8-13(18)15(12)19)16(21)20-14-6-5-9-3-1-2-4-11(9)14/h1-4,7-8,14H,5-6,19H2,(H,20,21). The van der Waals surface area contributed by atoms with Crippen LogP contribution < -0.4 is 11.1 Å². The summed E-state index contributed by atoms with van der Waals surface area (Å²) in [5, 5.41) is 3.61. The van der Waals surface area contributed by atoms with E-state index in [-0.39, 0.29) is 11.9 Å². The highest BCUT2D eigenvalue weighted by atomic mass is 35.5. The number of aryl methyl sites for hydroxylation is 1. The van der Waals surface area contributed by atoms with Crippen molar-refractivity contribution in [1.29, 1.82) is 0 Å². The van der Waals surface area contributed by atoms with Crippen LogP contribution in [0.3, 0.4) is 0 Å². The van der Waals surface area contributed by atoms with Gasteiger partial charge in [-0.1, -0.05) is 47.5 Å². The molecule has 2 aromatic rings. The zero-order valence-electron chi connectivity index (χ0n) is 11.2. The van der Waals surface area contributed by atoms with Crippen molar-refractivity contribution in [3.8, 4) is 0 Å². The molecule has 0 saturated heterocycles. The number of halogens is 2. The van der Waals surface area contributed by atoms with Gasteiger partial charge >= 0.3 is 0 Å². The number of carbonyl (C=O) groups is 1. The molecule has 1 aliphatic rings. The molecule has 5 heteroatoms. The minimum absolute atomic E-state index is 0.0313. The van der Waals surface area contributed by atoms with Gasteiger partial charge < -0.3 is 11.1 Å². The van der Waals surface area contributed by atoms with Crippen LogP contribution in [-0.4, -0.2) is 5.91 Å². The summed E-state index contributed by atoms with van der Waals surface area (Å²) in [7, 11) is 0. The van der Waals surface area contributed by atoms with Crippen molar-refractivity contribution in [3.63, 3.8) is 0 Å². The molecule has 1 aliphatic carbocycles. The number of nitrogens with two attached hydrogens (primary N) is 1. The van der Waals surface area contributed by atoms with Gasteiger partial charge in [-0.15, -0.1) is 0 Å². The van der Waals surface area contributed by atoms with Gasteiger partial charge in [0.05, 0.1) is 21.8 Å². The molecule has 0 aromatic heterocycles. The number of nitrogen functional groups attached to an aromatic ring is 1. The van der Waals surface area contributed by atoms with E-state index >= 15 is 0 Å². The van der Waals surface area contributed by atoms with Gasteiger partial charge in [-0.25, -0.2) is 0 Å². The number of nitrogens with one attached hydrogen (secondary N) is 1. The van der Waals surface area contributed by atoms with E-state index in [1.165, 1.54) is 11.1 Å². The van der Waals surface area contributed by atoms with E-state index in [1.807, 2.05) is 12.1 Å². The Labute approximate surface area is 133 Å². The molecule has 0 fully saturated rings. The fraction of sp³-hybridized carbons (Fsp3) is 0.188. The predicted octanol–water partition coefficient (Wildman–Crippen LogP) is 3.99. The van der Waals surface area contributed by atoms with Gasteiger partial charge in [-0.3, -0.25) is 4.79 Å². The SMILES string of the molecule is Nc1c(Cl)cc(C(=O)NC2CCc3ccccc32)cc1Cl. The molecular formula is C16H14Cl2N2O. The van der Waals surface area contributed by atoms with Crippen molar-refractivity contribution >= 4 is 34.8 Å². The van der Waals surface area contributed by atoms with Crippen LogP contribution in [0, 0.1) is 0 Å². The van der Waals surface area contributed by atoms with Crippen molar-refractivity contribution in [3.05, 3.63) is 63.1 Å². The van der Waals surface area contributed by atoms with Gasteiger partial charge in [0.25, 0.3) is 5.91 Å². The summed E-state index contributed by atoms with van der Waals surface area (Å²) in [6.45, 7) is 0. The molecule has 3 N–H and O–H groups in total. The van der Waals surface area contributed by atoms with Crippen LogP contribution in [0.1, 0.15) is 33.9 Å². The smallest absolute Gasteiger partial charge is 0.251 e. The fourth-order valence-corrected chi connectivity index (χ4v) is 3.15. The summed E-state index contributed by atoms with van der Waals surface area (Å²) in [6.07, 6.45) is 1.88. The zero-order chi connectivity index (χ0) is 15.0. The molecule has 108 valence electrons. The van der Waals surface area contributed by atoms with E-state index in [4.69, 9.17) is 28.9 Å². The highest BCUT2D eigenvalue weighted by molar-refractivity contribution is 6.39. The van der Waals surface area contributed by atoms with Crippen molar-refractivity contribution in [2.45, 2.75) is 18.9 Å². The number of amides is 1. The van der Waals surface area contributed by atoms with Crippen LogP contribution in [0.15, 0.2) is 36.4 Å². The summed E-state index contributed by atoms with van der Waals surface area (Å²) in [5.74, 6) is -0.194. The van der Waals surface area contributed by atoms with E-state index in [0.717, 1.165) is 12.8 Å². The lowest BCUT2D eigenvalue weighted by Crippen LogP contribution is -2.27. The number of carbonyl (C=O) groups excluding carboxylic acids is 1. The lowest BCUT2D eigenvalue weighted by molar-refractivity contribution is 0.0937. The minimum Gasteiger partial charge on any atom is -0.396 e. The third-order valence-electron chi connectivity index (χ3n) is 3.78. The van der Waals surface area contributed by atoms with Gasteiger partial charge in [0.1, 0.15) is 0 Å². The molecule has 0 bridgehead atoms. The number of hydrogen-bond donors (Lipinski definition) is 2. The van der Waals surface area contributed by atoms with Crippen molar-refractivity contribution in [1.82, 2.24) is 5.32 Å². The van der Waals surface area contributed by atoms with Crippen molar-refractivity contribution < 1.29 is 4.79 Å². The third-order valence-corrected chi connectivity index (χ3v) is 4.40. The van der Waals surface area contributed by atoms with Gasteiger partial charge in [-0.05, 0) is 36.1 Å². The maximum absolute atomic E-state index is 12.4. The first-order valence-corrected chi connectivity index (χ1v) is 7.45. The topological polar surface area (TPSA) is 55.1 Å². The van der Waals surface area contributed by atoms with Crippen LogP contribution in [0.2, 0.25) is 10.0 Å². The Hall–Kier alpha value is -1.71. The Morgan fingerprint density at radius 2 is 1.86 bits per heavy atom. The second-order valence-electron chi connectivity index (χ2n) is 5.12. The molecule has 1 atom stereocenters. The monoisotopic (exact) mass is 320 g/mol. The average Bonchev–Trinajstić information content (AvgIpc) is 2.87. The Morgan fingerprint density at radius 3 is 2.57 bits per heavy atom. The molecular weight excluding hydrogens is 307 g/mol. The van der Waals surface area contributed by atoms with Crippen LogP contribution >= 0.6 is 23.2 Å². The van der Waals surface area contributed by atoms with Crippen LogP contribution in [0.25, 0.3) is 0 Å². The lowest BCUT2D eigenvalue weighted by atomic mass is 10.1. The average molecular weight is 321 g/mol. The summed E-state index contributed by atoms with van der Waals surface area (Å²) in [5.41, 5.74) is 8.86. The third kappa shape index (κ3) is 2.71. The highest BCUT2D eigenvalue weighted by Crippen LogP contribution is 2.32. The number of fused-ring (bicyclic) bond motifs is 1. The molecule has 1 amide bonds. The van der Waals surface area contributed by atoms with E-state index < -0.39 is 0 Å². The molecule has 2 aromatic carbocycles. The number of anilines is 1. The Morgan fingerprint density at radius 1 is 1.19 bits per heavy atom. The number of rotatable bonds is 2. The second-order valence-corrected chi connectivity index (χ2v) is 5.93. The van der Waals surface area contributed by atoms with Crippen molar-refractivity contribution in [2.24, 2.45) is 0 Å². The van der Waals surface area contributed by atoms with Gasteiger partial charge in [0, 0.05) is 5.56 Å². The van der Waals surface area contributed by atoms with Gasteiger partial charge in [0.15, 0.2) is 0 Å². The zero-order valence-corrected chi connectivity index (χ0v) is 12.7. The van der Waals surface area contributed by atoms with Crippen molar-refractivity contribution in [2.75, 3.05) is 5.73 Å². The molecule has 3 rings (SSSR count). The van der Waals surface area contributed by atoms with E-state index in [2.05, 4.69) is 17.4 Å². The van der Waals surface area contributed by atoms with E-state index in [0.29, 0.717) is 21.3 Å². The number of hydrogen-bond acceptors (Lipinski definition) is 2. The van der Waals surface area contributed by atoms with E-state index in [1.54, 1.807) is 12.1 Å². The van der Waals surface area contributed by atoms with Crippen LogP contribution in [0.4, 0.5) is 5.69 Å². The van der Waals surface area contributed by atoms with Gasteiger partial charge in [0.2, 0.25) is 0 Å². The molecule has 1 unspecified atom stereocenters. The molecule has 0 radical (unpaired) electrons. The second kappa shape index (κ2) is 5.58. The Kier molecular flexibility index (Phi) is 3.79. The largest absolute Gasteiger partial charge is 0.396 e. The Bertz CT molecular complexity index is 692. The Balaban J connectivity index is 1.82. The molecule has 0 heterocycles.